The van der Waals surface area contributed by atoms with Gasteiger partial charge in [0.2, 0.25) is 0 Å². The van der Waals surface area contributed by atoms with Crippen molar-refractivity contribution in [1.82, 2.24) is 4.90 Å². The van der Waals surface area contributed by atoms with E-state index in [2.05, 4.69) is 25.7 Å². The van der Waals surface area contributed by atoms with Gasteiger partial charge in [-0.1, -0.05) is 13.8 Å². The molecule has 1 spiro atoms. The van der Waals surface area contributed by atoms with Crippen LogP contribution in [-0.4, -0.2) is 34.6 Å². The lowest BCUT2D eigenvalue weighted by Crippen LogP contribution is -2.54. The molecule has 0 aromatic carbocycles. The van der Waals surface area contributed by atoms with E-state index in [0.717, 1.165) is 19.4 Å². The molecule has 0 aromatic rings. The Hall–Kier alpha value is -0.570. The van der Waals surface area contributed by atoms with Crippen molar-refractivity contribution in [1.29, 1.82) is 0 Å². The van der Waals surface area contributed by atoms with Gasteiger partial charge < -0.3 is 4.74 Å². The Morgan fingerprint density at radius 2 is 1.67 bits per heavy atom. The summed E-state index contributed by atoms with van der Waals surface area (Å²) >= 11 is 0. The first-order valence-electron chi connectivity index (χ1n) is 8.58. The molecule has 0 amide bonds. The van der Waals surface area contributed by atoms with Crippen LogP contribution >= 0.6 is 0 Å². The fourth-order valence-electron chi connectivity index (χ4n) is 3.51. The van der Waals surface area contributed by atoms with Crippen molar-refractivity contribution < 1.29 is 9.53 Å². The molecule has 3 nitrogen and oxygen atoms in total. The minimum atomic E-state index is -0.383. The summed E-state index contributed by atoms with van der Waals surface area (Å²) in [5, 5.41) is 0. The van der Waals surface area contributed by atoms with Gasteiger partial charge in [0.25, 0.3) is 0 Å². The van der Waals surface area contributed by atoms with Gasteiger partial charge in [0.15, 0.2) is 0 Å². The van der Waals surface area contributed by atoms with Crippen LogP contribution in [0.15, 0.2) is 0 Å². The summed E-state index contributed by atoms with van der Waals surface area (Å²) in [7, 11) is 0. The van der Waals surface area contributed by atoms with Crippen LogP contribution in [0.5, 0.6) is 0 Å². The molecule has 1 unspecified atom stereocenters. The summed E-state index contributed by atoms with van der Waals surface area (Å²) in [6, 6.07) is 0.575. The summed E-state index contributed by atoms with van der Waals surface area (Å²) in [6.45, 7) is 17.5. The largest absolute Gasteiger partial charge is 0.460 e. The predicted molar refractivity (Wildman–Crippen MR) is 88.3 cm³/mol. The summed E-state index contributed by atoms with van der Waals surface area (Å²) in [5.41, 5.74) is -0.390. The molecule has 0 N–H and O–H groups in total. The molecule has 21 heavy (non-hydrogen) atoms. The van der Waals surface area contributed by atoms with Crippen LogP contribution in [0.4, 0.5) is 0 Å². The molecule has 2 aliphatic rings. The minimum Gasteiger partial charge on any atom is -0.460 e. The number of ether oxygens (including phenoxy) is 1. The van der Waals surface area contributed by atoms with Gasteiger partial charge in [0.1, 0.15) is 5.60 Å². The van der Waals surface area contributed by atoms with Gasteiger partial charge in [-0.3, -0.25) is 9.69 Å². The monoisotopic (exact) mass is 297 g/mol. The van der Waals surface area contributed by atoms with E-state index < -0.39 is 0 Å². The van der Waals surface area contributed by atoms with Crippen molar-refractivity contribution in [2.75, 3.05) is 6.54 Å². The van der Waals surface area contributed by atoms with E-state index in [9.17, 15) is 4.79 Å². The maximum absolute atomic E-state index is 12.5. The highest BCUT2D eigenvalue weighted by molar-refractivity contribution is 5.77. The average Bonchev–Trinajstić information content (AvgIpc) is 3.08. The summed E-state index contributed by atoms with van der Waals surface area (Å²) in [5.74, 6) is -0.00492. The maximum Gasteiger partial charge on any atom is 0.312 e. The van der Waals surface area contributed by atoms with E-state index in [-0.39, 0.29) is 22.5 Å². The third kappa shape index (κ3) is 4.21. The Balaban J connectivity index is 0.00000106. The van der Waals surface area contributed by atoms with Crippen molar-refractivity contribution >= 4 is 5.97 Å². The van der Waals surface area contributed by atoms with E-state index in [1.165, 1.54) is 12.8 Å². The topological polar surface area (TPSA) is 29.5 Å². The third-order valence-corrected chi connectivity index (χ3v) is 4.58. The number of hydrogen-bond acceptors (Lipinski definition) is 3. The molecule has 124 valence electrons. The predicted octanol–water partition coefficient (Wildman–Crippen LogP) is 4.40. The van der Waals surface area contributed by atoms with Gasteiger partial charge in [-0.25, -0.2) is 0 Å². The summed E-state index contributed by atoms with van der Waals surface area (Å²) in [6.07, 6.45) is 4.36. The van der Waals surface area contributed by atoms with Crippen molar-refractivity contribution in [3.8, 4) is 0 Å². The molecule has 1 aliphatic heterocycles. The smallest absolute Gasteiger partial charge is 0.312 e. The molecule has 1 heterocycles. The lowest BCUT2D eigenvalue weighted by molar-refractivity contribution is -0.172. The zero-order valence-electron chi connectivity index (χ0n) is 15.4. The van der Waals surface area contributed by atoms with Crippen LogP contribution in [0.2, 0.25) is 0 Å². The fraction of sp³-hybridized carbons (Fsp3) is 0.944. The van der Waals surface area contributed by atoms with Gasteiger partial charge in [0, 0.05) is 18.1 Å². The summed E-state index contributed by atoms with van der Waals surface area (Å²) in [4.78, 5) is 15.1. The normalized spacial score (nSPS) is 28.0. The molecule has 1 saturated carbocycles. The number of carbonyl (C=O) groups is 1. The van der Waals surface area contributed by atoms with Crippen LogP contribution in [0.1, 0.15) is 81.1 Å². The Labute approximate surface area is 131 Å². The number of carbonyl (C=O) groups excluding carboxylic acids is 1. The first kappa shape index (κ1) is 18.5. The Kier molecular flexibility index (Phi) is 5.52. The number of piperidine rings is 1. The number of esters is 1. The average molecular weight is 297 g/mol. The number of nitrogens with zero attached hydrogens (tertiary/aromatic N) is 1. The van der Waals surface area contributed by atoms with Crippen LogP contribution < -0.4 is 0 Å². The second-order valence-electron chi connectivity index (χ2n) is 8.00. The number of likely N-dealkylation sites (tertiary alicyclic amines) is 1. The van der Waals surface area contributed by atoms with Gasteiger partial charge >= 0.3 is 5.97 Å². The minimum absolute atomic E-state index is 0.00492. The Bertz CT molecular complexity index is 366. The van der Waals surface area contributed by atoms with Crippen molar-refractivity contribution in [2.24, 2.45) is 5.41 Å². The highest BCUT2D eigenvalue weighted by Crippen LogP contribution is 2.55. The van der Waals surface area contributed by atoms with E-state index in [0.29, 0.717) is 6.04 Å². The fourth-order valence-corrected chi connectivity index (χ4v) is 3.51. The molecule has 1 aliphatic carbocycles. The molecule has 3 heteroatoms. The third-order valence-electron chi connectivity index (χ3n) is 4.58. The van der Waals surface area contributed by atoms with E-state index in [1.807, 2.05) is 34.6 Å². The van der Waals surface area contributed by atoms with Gasteiger partial charge in [-0.2, -0.15) is 0 Å². The molecule has 1 atom stereocenters. The first-order chi connectivity index (χ1) is 9.58. The van der Waals surface area contributed by atoms with Crippen LogP contribution in [-0.2, 0) is 9.53 Å². The molecule has 0 aromatic heterocycles. The first-order valence-corrected chi connectivity index (χ1v) is 8.58. The number of hydrogen-bond donors (Lipinski definition) is 0. The highest BCUT2D eigenvalue weighted by atomic mass is 16.6. The van der Waals surface area contributed by atoms with Crippen LogP contribution in [0, 0.1) is 5.41 Å². The van der Waals surface area contributed by atoms with Crippen LogP contribution in [0.3, 0.4) is 0 Å². The SMILES string of the molecule is CC.CC(C)N1CCC(C)(C(=O)OC(C)(C)C)CC12CC2. The van der Waals surface area contributed by atoms with E-state index in [4.69, 9.17) is 4.74 Å². The molecule has 1 saturated heterocycles. The molecule has 2 fully saturated rings. The highest BCUT2D eigenvalue weighted by Gasteiger charge is 2.57. The van der Waals surface area contributed by atoms with Crippen molar-refractivity contribution in [3.63, 3.8) is 0 Å². The number of rotatable bonds is 2. The lowest BCUT2D eigenvalue weighted by Gasteiger charge is -2.47. The molecule has 0 bridgehead atoms. The molecular formula is C18H35NO2. The maximum atomic E-state index is 12.5. The standard InChI is InChI=1S/C16H29NO2.C2H6/c1-12(2)17-10-9-15(6,11-16(17)7-8-16)13(18)19-14(3,4)5;1-2/h12H,7-11H2,1-6H3;1-2H3. The van der Waals surface area contributed by atoms with Crippen LogP contribution in [0.25, 0.3) is 0 Å². The van der Waals surface area contributed by atoms with Gasteiger partial charge in [-0.15, -0.1) is 0 Å². The van der Waals surface area contributed by atoms with E-state index in [1.54, 1.807) is 0 Å². The Morgan fingerprint density at radius 3 is 2.05 bits per heavy atom. The van der Waals surface area contributed by atoms with Gasteiger partial charge in [-0.05, 0) is 67.2 Å². The Morgan fingerprint density at radius 1 is 1.14 bits per heavy atom. The second-order valence-corrected chi connectivity index (χ2v) is 8.00. The zero-order valence-corrected chi connectivity index (χ0v) is 15.4. The van der Waals surface area contributed by atoms with E-state index >= 15 is 0 Å². The van der Waals surface area contributed by atoms with Crippen molar-refractivity contribution in [3.05, 3.63) is 0 Å². The zero-order chi connectivity index (χ0) is 16.5. The second kappa shape index (κ2) is 6.28. The van der Waals surface area contributed by atoms with Gasteiger partial charge in [0.05, 0.1) is 5.41 Å². The summed E-state index contributed by atoms with van der Waals surface area (Å²) < 4.78 is 5.64. The lowest BCUT2D eigenvalue weighted by atomic mass is 9.75. The molecule has 2 rings (SSSR count). The van der Waals surface area contributed by atoms with Crippen molar-refractivity contribution in [2.45, 2.75) is 98.3 Å². The molecule has 0 radical (unpaired) electrons. The quantitative estimate of drug-likeness (QED) is 0.708. The molecular weight excluding hydrogens is 262 g/mol.